The third-order valence-corrected chi connectivity index (χ3v) is 5.34. The number of likely N-dealkylation sites (N-methyl/N-ethyl adjacent to an activating group) is 1. The van der Waals surface area contributed by atoms with E-state index >= 15 is 0 Å². The fourth-order valence-corrected chi connectivity index (χ4v) is 3.73. The summed E-state index contributed by atoms with van der Waals surface area (Å²) >= 11 is 0. The Morgan fingerprint density at radius 1 is 1.20 bits per heavy atom. The Hall–Kier alpha value is -0.520. The van der Waals surface area contributed by atoms with Crippen molar-refractivity contribution in [3.63, 3.8) is 0 Å². The van der Waals surface area contributed by atoms with E-state index < -0.39 is 0 Å². The van der Waals surface area contributed by atoms with Gasteiger partial charge in [-0.15, -0.1) is 24.8 Å². The van der Waals surface area contributed by atoms with Crippen molar-refractivity contribution in [2.24, 2.45) is 0 Å². The summed E-state index contributed by atoms with van der Waals surface area (Å²) in [6.45, 7) is 6.88. The summed E-state index contributed by atoms with van der Waals surface area (Å²) in [5.41, 5.74) is 1.39. The molecule has 4 nitrogen and oxygen atoms in total. The molecule has 2 aliphatic heterocycles. The summed E-state index contributed by atoms with van der Waals surface area (Å²) in [6.07, 6.45) is 4.60. The van der Waals surface area contributed by atoms with Crippen LogP contribution in [0, 0.1) is 6.92 Å². The second-order valence-electron chi connectivity index (χ2n) is 7.07. The van der Waals surface area contributed by atoms with Gasteiger partial charge in [-0.05, 0) is 64.9 Å². The van der Waals surface area contributed by atoms with Crippen LogP contribution in [0.15, 0.2) is 24.3 Å². The number of benzene rings is 1. The van der Waals surface area contributed by atoms with E-state index in [4.69, 9.17) is 9.47 Å². The van der Waals surface area contributed by atoms with Gasteiger partial charge in [0.25, 0.3) is 0 Å². The van der Waals surface area contributed by atoms with Gasteiger partial charge in [0.1, 0.15) is 12.4 Å². The van der Waals surface area contributed by atoms with Crippen molar-refractivity contribution in [2.75, 3.05) is 39.9 Å². The molecule has 0 bridgehead atoms. The van der Waals surface area contributed by atoms with Gasteiger partial charge >= 0.3 is 0 Å². The maximum Gasteiger partial charge on any atom is 0.119 e. The molecule has 0 aliphatic carbocycles. The van der Waals surface area contributed by atoms with E-state index in [1.54, 1.807) is 0 Å². The minimum Gasteiger partial charge on any atom is -0.492 e. The molecule has 25 heavy (non-hydrogen) atoms. The standard InChI is InChI=1S/C19H30N2O2.2ClH/c1-16-3-5-18(6-4-16)22-14-12-21(2)17-7-13-23-19(15-17)8-10-20-11-9-19;;/h3-6,17,20H,7-15H2,1-2H3;2*1H. The van der Waals surface area contributed by atoms with Gasteiger partial charge in [0, 0.05) is 19.2 Å². The molecule has 1 aromatic rings. The van der Waals surface area contributed by atoms with E-state index in [0.29, 0.717) is 6.04 Å². The van der Waals surface area contributed by atoms with E-state index in [0.717, 1.165) is 64.3 Å². The Morgan fingerprint density at radius 2 is 1.88 bits per heavy atom. The molecule has 1 unspecified atom stereocenters. The van der Waals surface area contributed by atoms with E-state index in [1.807, 2.05) is 12.1 Å². The Balaban J connectivity index is 0.00000156. The van der Waals surface area contributed by atoms with Gasteiger partial charge in [-0.2, -0.15) is 0 Å². The first-order valence-corrected chi connectivity index (χ1v) is 8.91. The highest BCUT2D eigenvalue weighted by atomic mass is 35.5. The first kappa shape index (κ1) is 22.5. The summed E-state index contributed by atoms with van der Waals surface area (Å²) in [5.74, 6) is 0.964. The van der Waals surface area contributed by atoms with Crippen LogP contribution in [-0.2, 0) is 4.74 Å². The normalized spacial score (nSPS) is 22.1. The van der Waals surface area contributed by atoms with Crippen LogP contribution in [0.4, 0.5) is 0 Å². The molecule has 1 N–H and O–H groups in total. The van der Waals surface area contributed by atoms with Gasteiger partial charge in [-0.25, -0.2) is 0 Å². The minimum atomic E-state index is 0. The number of halogens is 2. The van der Waals surface area contributed by atoms with Crippen molar-refractivity contribution in [3.05, 3.63) is 29.8 Å². The van der Waals surface area contributed by atoms with Gasteiger partial charge < -0.3 is 14.8 Å². The summed E-state index contributed by atoms with van der Waals surface area (Å²) in [4.78, 5) is 2.46. The van der Waals surface area contributed by atoms with Crippen LogP contribution in [0.2, 0.25) is 0 Å². The molecule has 1 aromatic carbocycles. The van der Waals surface area contributed by atoms with Crippen LogP contribution < -0.4 is 10.1 Å². The third-order valence-electron chi connectivity index (χ3n) is 5.34. The molecule has 2 aliphatic rings. The average molecular weight is 391 g/mol. The fraction of sp³-hybridized carbons (Fsp3) is 0.684. The van der Waals surface area contributed by atoms with Crippen LogP contribution in [0.25, 0.3) is 0 Å². The lowest BCUT2D eigenvalue weighted by Gasteiger charge is -2.46. The van der Waals surface area contributed by atoms with Crippen molar-refractivity contribution >= 4 is 24.8 Å². The number of aryl methyl sites for hydroxylation is 1. The number of nitrogens with one attached hydrogen (secondary N) is 1. The van der Waals surface area contributed by atoms with Gasteiger partial charge in [0.2, 0.25) is 0 Å². The van der Waals surface area contributed by atoms with Crippen LogP contribution in [0.5, 0.6) is 5.75 Å². The first-order chi connectivity index (χ1) is 11.2. The number of hydrogen-bond acceptors (Lipinski definition) is 4. The van der Waals surface area contributed by atoms with Crippen molar-refractivity contribution < 1.29 is 9.47 Å². The zero-order valence-corrected chi connectivity index (χ0v) is 17.0. The van der Waals surface area contributed by atoms with Gasteiger partial charge in [-0.3, -0.25) is 4.90 Å². The summed E-state index contributed by atoms with van der Waals surface area (Å²) in [6, 6.07) is 8.90. The molecule has 1 spiro atoms. The Labute approximate surface area is 164 Å². The summed E-state index contributed by atoms with van der Waals surface area (Å²) < 4.78 is 12.1. The maximum absolute atomic E-state index is 6.17. The topological polar surface area (TPSA) is 33.7 Å². The largest absolute Gasteiger partial charge is 0.492 e. The second-order valence-corrected chi connectivity index (χ2v) is 7.07. The second kappa shape index (κ2) is 10.6. The van der Waals surface area contributed by atoms with Gasteiger partial charge in [-0.1, -0.05) is 17.7 Å². The molecule has 6 heteroatoms. The highest BCUT2D eigenvalue weighted by molar-refractivity contribution is 5.85. The molecule has 1 atom stereocenters. The van der Waals surface area contributed by atoms with Crippen molar-refractivity contribution in [2.45, 2.75) is 44.2 Å². The zero-order valence-electron chi connectivity index (χ0n) is 15.3. The van der Waals surface area contributed by atoms with Crippen molar-refractivity contribution in [1.29, 1.82) is 0 Å². The lowest BCUT2D eigenvalue weighted by Crippen LogP contribution is -2.52. The smallest absolute Gasteiger partial charge is 0.119 e. The molecule has 2 heterocycles. The predicted octanol–water partition coefficient (Wildman–Crippen LogP) is 3.45. The van der Waals surface area contributed by atoms with E-state index in [1.165, 1.54) is 5.56 Å². The average Bonchev–Trinajstić information content (AvgIpc) is 2.57. The number of hydrogen-bond donors (Lipinski definition) is 1. The molecule has 0 amide bonds. The molecule has 144 valence electrons. The SMILES string of the molecule is Cc1ccc(OCCN(C)C2CCOC3(CCNCC3)C2)cc1.Cl.Cl. The Kier molecular flexibility index (Phi) is 9.54. The van der Waals surface area contributed by atoms with Crippen LogP contribution in [0.1, 0.15) is 31.2 Å². The van der Waals surface area contributed by atoms with E-state index in [9.17, 15) is 0 Å². The van der Waals surface area contributed by atoms with E-state index in [-0.39, 0.29) is 30.4 Å². The molecule has 0 saturated carbocycles. The van der Waals surface area contributed by atoms with Crippen LogP contribution >= 0.6 is 24.8 Å². The highest BCUT2D eigenvalue weighted by Crippen LogP contribution is 2.34. The summed E-state index contributed by atoms with van der Waals surface area (Å²) in [5, 5.41) is 3.44. The molecule has 0 radical (unpaired) electrons. The molecular formula is C19H32Cl2N2O2. The Morgan fingerprint density at radius 3 is 2.56 bits per heavy atom. The molecule has 2 fully saturated rings. The van der Waals surface area contributed by atoms with Crippen LogP contribution in [-0.4, -0.2) is 56.4 Å². The first-order valence-electron chi connectivity index (χ1n) is 8.91. The lowest BCUT2D eigenvalue weighted by atomic mass is 9.82. The predicted molar refractivity (Wildman–Crippen MR) is 108 cm³/mol. The third kappa shape index (κ3) is 6.30. The van der Waals surface area contributed by atoms with Gasteiger partial charge in [0.05, 0.1) is 5.60 Å². The number of nitrogens with zero attached hydrogens (tertiary/aromatic N) is 1. The molecule has 3 rings (SSSR count). The number of ether oxygens (including phenoxy) is 2. The quantitative estimate of drug-likeness (QED) is 0.834. The van der Waals surface area contributed by atoms with Crippen molar-refractivity contribution in [3.8, 4) is 5.75 Å². The summed E-state index contributed by atoms with van der Waals surface area (Å²) in [7, 11) is 2.23. The number of rotatable bonds is 5. The zero-order chi connectivity index (χ0) is 16.1. The molecular weight excluding hydrogens is 359 g/mol. The Bertz CT molecular complexity index is 487. The monoisotopic (exact) mass is 390 g/mol. The highest BCUT2D eigenvalue weighted by Gasteiger charge is 2.39. The number of piperidine rings is 1. The lowest BCUT2D eigenvalue weighted by molar-refractivity contribution is -0.118. The molecule has 2 saturated heterocycles. The van der Waals surface area contributed by atoms with Crippen molar-refractivity contribution in [1.82, 2.24) is 10.2 Å². The maximum atomic E-state index is 6.17. The minimum absolute atomic E-state index is 0. The fourth-order valence-electron chi connectivity index (χ4n) is 3.73. The molecule has 0 aromatic heterocycles. The van der Waals surface area contributed by atoms with E-state index in [2.05, 4.69) is 36.3 Å². The van der Waals surface area contributed by atoms with Crippen LogP contribution in [0.3, 0.4) is 0 Å². The van der Waals surface area contributed by atoms with Gasteiger partial charge in [0.15, 0.2) is 0 Å².